The molecule has 0 bridgehead atoms. The Morgan fingerprint density at radius 2 is 1.95 bits per heavy atom. The average molecular weight is 284 g/mol. The Morgan fingerprint density at radius 3 is 2.70 bits per heavy atom. The molecule has 114 valence electrons. The van der Waals surface area contributed by atoms with Crippen molar-refractivity contribution >= 4 is 12.0 Å². The second-order valence-electron chi connectivity index (χ2n) is 5.72. The number of carbonyl (C=O) groups is 2. The molecule has 0 radical (unpaired) electrons. The van der Waals surface area contributed by atoms with E-state index in [-0.39, 0.29) is 19.2 Å². The van der Waals surface area contributed by atoms with Crippen molar-refractivity contribution in [2.24, 2.45) is 11.8 Å². The van der Waals surface area contributed by atoms with Gasteiger partial charge in [0.2, 0.25) is 0 Å². The number of urea groups is 1. The van der Waals surface area contributed by atoms with Crippen LogP contribution in [0.2, 0.25) is 0 Å². The zero-order valence-corrected chi connectivity index (χ0v) is 11.8. The Kier molecular flexibility index (Phi) is 5.64. The summed E-state index contributed by atoms with van der Waals surface area (Å²) in [5.41, 5.74) is 0. The fourth-order valence-electron chi connectivity index (χ4n) is 3.29. The van der Waals surface area contributed by atoms with Crippen LogP contribution >= 0.6 is 0 Å². The van der Waals surface area contributed by atoms with Gasteiger partial charge in [0.05, 0.1) is 6.61 Å². The summed E-state index contributed by atoms with van der Waals surface area (Å²) in [6, 6.07) is -0.0482. The van der Waals surface area contributed by atoms with E-state index in [0.717, 1.165) is 25.4 Å². The van der Waals surface area contributed by atoms with Gasteiger partial charge in [-0.25, -0.2) is 9.59 Å². The Bertz CT molecular complexity index is 348. The standard InChI is InChI=1S/C14H24N2O4/c17-13(18)10-20-8-6-15-14(19)16-7-5-11-3-1-2-4-12(11)9-16/h11-12H,1-10H2,(H,15,19)(H,17,18). The number of hydrogen-bond acceptors (Lipinski definition) is 3. The number of carbonyl (C=O) groups excluding carboxylic acids is 1. The molecule has 6 nitrogen and oxygen atoms in total. The number of likely N-dealkylation sites (tertiary alicyclic amines) is 1. The van der Waals surface area contributed by atoms with E-state index in [9.17, 15) is 9.59 Å². The fraction of sp³-hybridized carbons (Fsp3) is 0.857. The van der Waals surface area contributed by atoms with Gasteiger partial charge in [0.15, 0.2) is 0 Å². The zero-order chi connectivity index (χ0) is 14.4. The van der Waals surface area contributed by atoms with Gasteiger partial charge in [-0.2, -0.15) is 0 Å². The second-order valence-corrected chi connectivity index (χ2v) is 5.72. The molecule has 1 saturated heterocycles. The fourth-order valence-corrected chi connectivity index (χ4v) is 3.29. The van der Waals surface area contributed by atoms with E-state index in [0.29, 0.717) is 12.5 Å². The summed E-state index contributed by atoms with van der Waals surface area (Å²) < 4.78 is 4.89. The van der Waals surface area contributed by atoms with Crippen molar-refractivity contribution in [3.8, 4) is 0 Å². The maximum Gasteiger partial charge on any atom is 0.329 e. The van der Waals surface area contributed by atoms with E-state index in [1.807, 2.05) is 4.90 Å². The molecule has 0 aromatic rings. The molecule has 0 aromatic heterocycles. The minimum atomic E-state index is -0.990. The quantitative estimate of drug-likeness (QED) is 0.746. The minimum Gasteiger partial charge on any atom is -0.480 e. The number of ether oxygens (including phenoxy) is 1. The van der Waals surface area contributed by atoms with Gasteiger partial charge >= 0.3 is 12.0 Å². The molecular weight excluding hydrogens is 260 g/mol. The second kappa shape index (κ2) is 7.47. The zero-order valence-electron chi connectivity index (χ0n) is 11.8. The van der Waals surface area contributed by atoms with E-state index >= 15 is 0 Å². The number of aliphatic carboxylic acids is 1. The predicted molar refractivity (Wildman–Crippen MR) is 73.5 cm³/mol. The highest BCUT2D eigenvalue weighted by atomic mass is 16.5. The average Bonchev–Trinajstić information content (AvgIpc) is 2.46. The first-order valence-electron chi connectivity index (χ1n) is 7.49. The lowest BCUT2D eigenvalue weighted by atomic mass is 9.75. The third-order valence-electron chi connectivity index (χ3n) is 4.33. The predicted octanol–water partition coefficient (Wildman–Crippen LogP) is 1.31. The van der Waals surface area contributed by atoms with Crippen molar-refractivity contribution in [3.05, 3.63) is 0 Å². The molecule has 2 amide bonds. The third-order valence-corrected chi connectivity index (χ3v) is 4.33. The summed E-state index contributed by atoms with van der Waals surface area (Å²) in [5, 5.41) is 11.2. The van der Waals surface area contributed by atoms with Crippen LogP contribution in [-0.4, -0.2) is 54.9 Å². The van der Waals surface area contributed by atoms with E-state index in [1.165, 1.54) is 25.7 Å². The summed E-state index contributed by atoms with van der Waals surface area (Å²) >= 11 is 0. The lowest BCUT2D eigenvalue weighted by Gasteiger charge is -2.41. The van der Waals surface area contributed by atoms with Gasteiger partial charge in [-0.05, 0) is 24.7 Å². The van der Waals surface area contributed by atoms with Crippen LogP contribution in [0.4, 0.5) is 4.79 Å². The summed E-state index contributed by atoms with van der Waals surface area (Å²) in [6.07, 6.45) is 6.32. The first-order valence-corrected chi connectivity index (χ1v) is 7.49. The number of hydrogen-bond donors (Lipinski definition) is 2. The van der Waals surface area contributed by atoms with Crippen LogP contribution in [0.25, 0.3) is 0 Å². The van der Waals surface area contributed by atoms with Crippen molar-refractivity contribution < 1.29 is 19.4 Å². The van der Waals surface area contributed by atoms with Crippen LogP contribution < -0.4 is 5.32 Å². The number of nitrogens with one attached hydrogen (secondary N) is 1. The van der Waals surface area contributed by atoms with Gasteiger partial charge in [0.25, 0.3) is 0 Å². The molecule has 20 heavy (non-hydrogen) atoms. The largest absolute Gasteiger partial charge is 0.480 e. The topological polar surface area (TPSA) is 78.9 Å². The van der Waals surface area contributed by atoms with E-state index in [2.05, 4.69) is 5.32 Å². The Hall–Kier alpha value is -1.30. The van der Waals surface area contributed by atoms with Crippen molar-refractivity contribution in [1.82, 2.24) is 10.2 Å². The van der Waals surface area contributed by atoms with Crippen LogP contribution in [0.5, 0.6) is 0 Å². The molecule has 1 aliphatic carbocycles. The van der Waals surface area contributed by atoms with Crippen molar-refractivity contribution in [1.29, 1.82) is 0 Å². The molecule has 2 unspecified atom stereocenters. The third kappa shape index (κ3) is 4.37. The summed E-state index contributed by atoms with van der Waals surface area (Å²) in [7, 11) is 0. The van der Waals surface area contributed by atoms with Gasteiger partial charge in [-0.15, -0.1) is 0 Å². The number of rotatable bonds is 5. The van der Waals surface area contributed by atoms with Crippen LogP contribution in [0.1, 0.15) is 32.1 Å². The number of fused-ring (bicyclic) bond motifs is 1. The molecule has 1 saturated carbocycles. The van der Waals surface area contributed by atoms with Crippen molar-refractivity contribution in [2.45, 2.75) is 32.1 Å². The van der Waals surface area contributed by atoms with E-state index in [1.54, 1.807) is 0 Å². The molecule has 2 fully saturated rings. The van der Waals surface area contributed by atoms with Crippen LogP contribution in [0.15, 0.2) is 0 Å². The highest BCUT2D eigenvalue weighted by Crippen LogP contribution is 2.35. The van der Waals surface area contributed by atoms with Crippen molar-refractivity contribution in [2.75, 3.05) is 32.8 Å². The minimum absolute atomic E-state index is 0.0482. The molecule has 0 aromatic carbocycles. The molecule has 2 rings (SSSR count). The number of nitrogens with zero attached hydrogens (tertiary/aromatic N) is 1. The summed E-state index contributed by atoms with van der Waals surface area (Å²) in [5.74, 6) is 0.494. The molecule has 2 atom stereocenters. The maximum atomic E-state index is 12.0. The number of carboxylic acid groups (broad SMARTS) is 1. The monoisotopic (exact) mass is 284 g/mol. The number of carboxylic acids is 1. The molecule has 0 spiro atoms. The summed E-state index contributed by atoms with van der Waals surface area (Å²) in [4.78, 5) is 24.2. The smallest absolute Gasteiger partial charge is 0.329 e. The van der Waals surface area contributed by atoms with Gasteiger partial charge < -0.3 is 20.1 Å². The lowest BCUT2D eigenvalue weighted by Crippen LogP contribution is -2.49. The van der Waals surface area contributed by atoms with Crippen LogP contribution in [0, 0.1) is 11.8 Å². The summed E-state index contributed by atoms with van der Waals surface area (Å²) in [6.45, 7) is 1.98. The first kappa shape index (κ1) is 15.1. The Labute approximate surface area is 119 Å². The SMILES string of the molecule is O=C(O)COCCNC(=O)N1CCC2CCCCC2C1. The van der Waals surface area contributed by atoms with Crippen LogP contribution in [-0.2, 0) is 9.53 Å². The molecule has 1 heterocycles. The highest BCUT2D eigenvalue weighted by molar-refractivity contribution is 5.74. The van der Waals surface area contributed by atoms with Gasteiger partial charge in [-0.1, -0.05) is 19.3 Å². The molecule has 2 aliphatic rings. The van der Waals surface area contributed by atoms with Gasteiger partial charge in [0, 0.05) is 19.6 Å². The van der Waals surface area contributed by atoms with E-state index < -0.39 is 5.97 Å². The first-order chi connectivity index (χ1) is 9.66. The molecule has 6 heteroatoms. The normalized spacial score (nSPS) is 25.9. The number of amides is 2. The number of piperidine rings is 1. The Balaban J connectivity index is 1.64. The lowest BCUT2D eigenvalue weighted by molar-refractivity contribution is -0.142. The Morgan fingerprint density at radius 1 is 1.20 bits per heavy atom. The van der Waals surface area contributed by atoms with Crippen molar-refractivity contribution in [3.63, 3.8) is 0 Å². The van der Waals surface area contributed by atoms with Crippen LogP contribution in [0.3, 0.4) is 0 Å². The van der Waals surface area contributed by atoms with Gasteiger partial charge in [0.1, 0.15) is 6.61 Å². The molecule has 1 aliphatic heterocycles. The molecular formula is C14H24N2O4. The maximum absolute atomic E-state index is 12.0. The van der Waals surface area contributed by atoms with Gasteiger partial charge in [-0.3, -0.25) is 0 Å². The highest BCUT2D eigenvalue weighted by Gasteiger charge is 2.32. The van der Waals surface area contributed by atoms with E-state index in [4.69, 9.17) is 9.84 Å². The molecule has 2 N–H and O–H groups in total.